The minimum Gasteiger partial charge on any atom is -0.359 e. The Morgan fingerprint density at radius 3 is 3.00 bits per heavy atom. The van der Waals surface area contributed by atoms with Crippen LogP contribution in [0.1, 0.15) is 38.9 Å². The number of nitrogens with one attached hydrogen (secondary N) is 2. The quantitative estimate of drug-likeness (QED) is 0.736. The predicted octanol–water partition coefficient (Wildman–Crippen LogP) is 2.19. The van der Waals surface area contributed by atoms with Crippen molar-refractivity contribution in [2.75, 3.05) is 6.54 Å². The summed E-state index contributed by atoms with van der Waals surface area (Å²) in [4.78, 5) is 21.7. The molecule has 4 rings (SSSR count). The number of imidazole rings is 1. The Morgan fingerprint density at radius 1 is 1.35 bits per heavy atom. The smallest absolute Gasteiger partial charge is 0.273 e. The first-order valence-electron chi connectivity index (χ1n) is 8.71. The average Bonchev–Trinajstić information content (AvgIpc) is 3.29. The maximum absolute atomic E-state index is 12.2. The first-order chi connectivity index (χ1) is 12.7. The number of amides is 1. The van der Waals surface area contributed by atoms with Gasteiger partial charge in [0.2, 0.25) is 0 Å². The number of rotatable bonds is 5. The molecule has 7 heteroatoms. The van der Waals surface area contributed by atoms with Crippen LogP contribution in [0.25, 0.3) is 0 Å². The topological polar surface area (TPSA) is 87.1 Å². The standard InChI is InChI=1S/C19H21N5O2/c1-13-9-20-18(22-13)10-21-19(25)17-8-16(26-23-17)12-24-7-6-14-4-2-3-5-15(14)11-24/h2-5,8-9H,6-7,10-12H2,1H3,(H,20,22)(H,21,25). The molecule has 0 fully saturated rings. The third-order valence-corrected chi connectivity index (χ3v) is 4.55. The lowest BCUT2D eigenvalue weighted by Gasteiger charge is -2.27. The second-order valence-corrected chi connectivity index (χ2v) is 6.60. The van der Waals surface area contributed by atoms with Crippen molar-refractivity contribution in [3.63, 3.8) is 0 Å². The summed E-state index contributed by atoms with van der Waals surface area (Å²) in [5, 5.41) is 6.69. The second kappa shape index (κ2) is 7.13. The number of fused-ring (bicyclic) bond motifs is 1. The Morgan fingerprint density at radius 2 is 2.19 bits per heavy atom. The highest BCUT2D eigenvalue weighted by Gasteiger charge is 2.19. The van der Waals surface area contributed by atoms with E-state index in [4.69, 9.17) is 4.52 Å². The van der Waals surface area contributed by atoms with Gasteiger partial charge in [0.25, 0.3) is 5.91 Å². The van der Waals surface area contributed by atoms with Crippen molar-refractivity contribution in [1.29, 1.82) is 0 Å². The van der Waals surface area contributed by atoms with Gasteiger partial charge in [-0.1, -0.05) is 29.4 Å². The summed E-state index contributed by atoms with van der Waals surface area (Å²) in [5.41, 5.74) is 4.02. The van der Waals surface area contributed by atoms with Crippen LogP contribution in [0.3, 0.4) is 0 Å². The van der Waals surface area contributed by atoms with Gasteiger partial charge in [-0.15, -0.1) is 0 Å². The molecule has 1 aromatic carbocycles. The Kier molecular flexibility index (Phi) is 4.53. The summed E-state index contributed by atoms with van der Waals surface area (Å²) in [6, 6.07) is 10.2. The zero-order chi connectivity index (χ0) is 17.9. The van der Waals surface area contributed by atoms with E-state index in [1.807, 2.05) is 6.92 Å². The molecule has 1 amide bonds. The molecular formula is C19H21N5O2. The molecule has 26 heavy (non-hydrogen) atoms. The van der Waals surface area contributed by atoms with Crippen molar-refractivity contribution < 1.29 is 9.32 Å². The number of nitrogens with zero attached hydrogens (tertiary/aromatic N) is 3. The minimum atomic E-state index is -0.266. The number of hydrogen-bond donors (Lipinski definition) is 2. The van der Waals surface area contributed by atoms with Gasteiger partial charge in [0.15, 0.2) is 11.5 Å². The Labute approximate surface area is 151 Å². The Hall–Kier alpha value is -2.93. The molecule has 0 spiro atoms. The molecule has 3 aromatic rings. The molecular weight excluding hydrogens is 330 g/mol. The zero-order valence-corrected chi connectivity index (χ0v) is 14.7. The highest BCUT2D eigenvalue weighted by atomic mass is 16.5. The number of benzene rings is 1. The lowest BCUT2D eigenvalue weighted by molar-refractivity contribution is 0.0940. The number of aryl methyl sites for hydroxylation is 1. The Balaban J connectivity index is 1.34. The SMILES string of the molecule is Cc1cnc(CNC(=O)c2cc(CN3CCc4ccccc4C3)on2)[nH]1. The fourth-order valence-corrected chi connectivity index (χ4v) is 3.22. The first kappa shape index (κ1) is 16.5. The second-order valence-electron chi connectivity index (χ2n) is 6.60. The van der Waals surface area contributed by atoms with Gasteiger partial charge in [-0.25, -0.2) is 4.98 Å². The number of carbonyl (C=O) groups is 1. The van der Waals surface area contributed by atoms with Gasteiger partial charge in [0, 0.05) is 31.0 Å². The van der Waals surface area contributed by atoms with E-state index in [9.17, 15) is 4.79 Å². The molecule has 0 atom stereocenters. The molecule has 0 unspecified atom stereocenters. The molecule has 3 heterocycles. The Bertz CT molecular complexity index is 914. The first-order valence-corrected chi connectivity index (χ1v) is 8.71. The lowest BCUT2D eigenvalue weighted by atomic mass is 10.00. The van der Waals surface area contributed by atoms with Gasteiger partial charge in [-0.3, -0.25) is 9.69 Å². The van der Waals surface area contributed by atoms with Crippen molar-refractivity contribution in [3.05, 3.63) is 70.6 Å². The van der Waals surface area contributed by atoms with E-state index in [1.54, 1.807) is 12.3 Å². The number of hydrogen-bond acceptors (Lipinski definition) is 5. The molecule has 0 saturated carbocycles. The largest absolute Gasteiger partial charge is 0.359 e. The van der Waals surface area contributed by atoms with Gasteiger partial charge >= 0.3 is 0 Å². The summed E-state index contributed by atoms with van der Waals surface area (Å²) in [7, 11) is 0. The van der Waals surface area contributed by atoms with Crippen molar-refractivity contribution in [2.45, 2.75) is 33.0 Å². The molecule has 0 aliphatic carbocycles. The summed E-state index contributed by atoms with van der Waals surface area (Å²) in [6.45, 7) is 4.75. The molecule has 0 bridgehead atoms. The normalized spacial score (nSPS) is 14.2. The molecule has 0 saturated heterocycles. The third-order valence-electron chi connectivity index (χ3n) is 4.55. The van der Waals surface area contributed by atoms with Crippen LogP contribution in [-0.2, 0) is 26.1 Å². The van der Waals surface area contributed by atoms with E-state index in [2.05, 4.69) is 49.6 Å². The summed E-state index contributed by atoms with van der Waals surface area (Å²) in [5.74, 6) is 1.15. The fraction of sp³-hybridized carbons (Fsp3) is 0.316. The van der Waals surface area contributed by atoms with Crippen LogP contribution in [0.5, 0.6) is 0 Å². The van der Waals surface area contributed by atoms with Gasteiger partial charge < -0.3 is 14.8 Å². The highest BCUT2D eigenvalue weighted by molar-refractivity contribution is 5.92. The van der Waals surface area contributed by atoms with Crippen molar-refractivity contribution >= 4 is 5.91 Å². The average molecular weight is 351 g/mol. The number of aromatic nitrogens is 3. The van der Waals surface area contributed by atoms with Crippen molar-refractivity contribution in [2.24, 2.45) is 0 Å². The fourth-order valence-electron chi connectivity index (χ4n) is 3.22. The van der Waals surface area contributed by atoms with Crippen LogP contribution in [-0.4, -0.2) is 32.5 Å². The maximum atomic E-state index is 12.2. The molecule has 1 aliphatic heterocycles. The van der Waals surface area contributed by atoms with E-state index in [0.717, 1.165) is 25.2 Å². The third kappa shape index (κ3) is 3.67. The van der Waals surface area contributed by atoms with Crippen LogP contribution in [0.2, 0.25) is 0 Å². The minimum absolute atomic E-state index is 0.266. The molecule has 0 radical (unpaired) electrons. The molecule has 1 aliphatic rings. The van der Waals surface area contributed by atoms with Gasteiger partial charge in [-0.05, 0) is 24.5 Å². The van der Waals surface area contributed by atoms with Crippen molar-refractivity contribution in [1.82, 2.24) is 25.3 Å². The summed E-state index contributed by atoms with van der Waals surface area (Å²) in [6.07, 6.45) is 2.76. The monoisotopic (exact) mass is 351 g/mol. The number of carbonyl (C=O) groups excluding carboxylic acids is 1. The van der Waals surface area contributed by atoms with Crippen LogP contribution in [0.4, 0.5) is 0 Å². The van der Waals surface area contributed by atoms with Gasteiger partial charge in [0.05, 0.1) is 13.1 Å². The molecule has 2 aromatic heterocycles. The number of H-pyrrole nitrogens is 1. The van der Waals surface area contributed by atoms with Crippen LogP contribution in [0.15, 0.2) is 41.1 Å². The van der Waals surface area contributed by atoms with E-state index in [0.29, 0.717) is 30.4 Å². The number of aromatic amines is 1. The summed E-state index contributed by atoms with van der Waals surface area (Å²) >= 11 is 0. The van der Waals surface area contributed by atoms with E-state index in [1.165, 1.54) is 11.1 Å². The predicted molar refractivity (Wildman–Crippen MR) is 95.3 cm³/mol. The van der Waals surface area contributed by atoms with Gasteiger partial charge in [0.1, 0.15) is 5.82 Å². The summed E-state index contributed by atoms with van der Waals surface area (Å²) < 4.78 is 5.36. The molecule has 2 N–H and O–H groups in total. The maximum Gasteiger partial charge on any atom is 0.273 e. The van der Waals surface area contributed by atoms with Crippen molar-refractivity contribution in [3.8, 4) is 0 Å². The van der Waals surface area contributed by atoms with Crippen LogP contribution >= 0.6 is 0 Å². The van der Waals surface area contributed by atoms with Gasteiger partial charge in [-0.2, -0.15) is 0 Å². The lowest BCUT2D eigenvalue weighted by Crippen LogP contribution is -2.29. The molecule has 7 nitrogen and oxygen atoms in total. The van der Waals surface area contributed by atoms with E-state index in [-0.39, 0.29) is 5.91 Å². The van der Waals surface area contributed by atoms with Crippen LogP contribution < -0.4 is 5.32 Å². The highest BCUT2D eigenvalue weighted by Crippen LogP contribution is 2.20. The van der Waals surface area contributed by atoms with E-state index < -0.39 is 0 Å². The zero-order valence-electron chi connectivity index (χ0n) is 14.7. The van der Waals surface area contributed by atoms with Crippen LogP contribution in [0, 0.1) is 6.92 Å². The van der Waals surface area contributed by atoms with E-state index >= 15 is 0 Å². The molecule has 134 valence electrons.